The molecule has 0 saturated carbocycles. The van der Waals surface area contributed by atoms with Crippen molar-refractivity contribution in [1.29, 1.82) is 0 Å². The second kappa shape index (κ2) is 7.43. The first kappa shape index (κ1) is 18.6. The van der Waals surface area contributed by atoms with Crippen molar-refractivity contribution in [1.82, 2.24) is 4.57 Å². The monoisotopic (exact) mass is 390 g/mol. The van der Waals surface area contributed by atoms with Gasteiger partial charge in [-0.2, -0.15) is 0 Å². The second-order valence-electron chi connectivity index (χ2n) is 8.16. The van der Waals surface area contributed by atoms with E-state index in [1.807, 2.05) is 6.07 Å². The van der Waals surface area contributed by atoms with Crippen molar-refractivity contribution in [2.24, 2.45) is 7.05 Å². The molecule has 1 atom stereocenters. The standard InChI is InChI=1S/C28H26N2/c1-20-10-9-11-21(2)27(20)30-19-18-24-23-14-7-8-15-25(23)29(3)28(24)26(30)17-16-22-12-5-4-6-13-22/h4-15,26H,18-19H2,1-3H3. The van der Waals surface area contributed by atoms with Crippen molar-refractivity contribution in [3.05, 3.63) is 101 Å². The number of nitrogens with zero attached hydrogens (tertiary/aromatic N) is 2. The van der Waals surface area contributed by atoms with E-state index in [2.05, 4.69) is 109 Å². The predicted molar refractivity (Wildman–Crippen MR) is 126 cm³/mol. The third-order valence-electron chi connectivity index (χ3n) is 6.29. The van der Waals surface area contributed by atoms with Gasteiger partial charge in [0.05, 0.1) is 5.69 Å². The summed E-state index contributed by atoms with van der Waals surface area (Å²) < 4.78 is 2.36. The van der Waals surface area contributed by atoms with E-state index < -0.39 is 0 Å². The number of fused-ring (bicyclic) bond motifs is 3. The van der Waals surface area contributed by atoms with Gasteiger partial charge in [-0.3, -0.25) is 0 Å². The van der Waals surface area contributed by atoms with Crippen LogP contribution in [0, 0.1) is 25.7 Å². The van der Waals surface area contributed by atoms with Gasteiger partial charge in [-0.1, -0.05) is 66.4 Å². The first-order valence-corrected chi connectivity index (χ1v) is 10.6. The van der Waals surface area contributed by atoms with Gasteiger partial charge in [-0.25, -0.2) is 0 Å². The molecule has 0 amide bonds. The predicted octanol–water partition coefficient (Wildman–Crippen LogP) is 5.95. The Hall–Kier alpha value is -3.44. The Kier molecular flexibility index (Phi) is 4.60. The van der Waals surface area contributed by atoms with E-state index in [-0.39, 0.29) is 6.04 Å². The maximum atomic E-state index is 3.65. The molecule has 0 bridgehead atoms. The van der Waals surface area contributed by atoms with Crippen LogP contribution in [0.25, 0.3) is 10.9 Å². The minimum atomic E-state index is 0.0196. The van der Waals surface area contributed by atoms with Gasteiger partial charge < -0.3 is 9.47 Å². The Morgan fingerprint density at radius 2 is 1.53 bits per heavy atom. The van der Waals surface area contributed by atoms with Crippen molar-refractivity contribution < 1.29 is 0 Å². The summed E-state index contributed by atoms with van der Waals surface area (Å²) in [4.78, 5) is 2.52. The van der Waals surface area contributed by atoms with E-state index in [0.29, 0.717) is 0 Å². The van der Waals surface area contributed by atoms with Crippen LogP contribution in [0.15, 0.2) is 72.8 Å². The quantitative estimate of drug-likeness (QED) is 0.365. The Bertz CT molecular complexity index is 1260. The number of anilines is 1. The minimum absolute atomic E-state index is 0.0196. The average Bonchev–Trinajstić information content (AvgIpc) is 3.06. The Labute approximate surface area is 178 Å². The van der Waals surface area contributed by atoms with Gasteiger partial charge in [-0.15, -0.1) is 0 Å². The maximum absolute atomic E-state index is 3.65. The summed E-state index contributed by atoms with van der Waals surface area (Å²) in [5, 5.41) is 1.36. The number of rotatable bonds is 1. The molecule has 0 saturated heterocycles. The molecule has 2 heterocycles. The van der Waals surface area contributed by atoms with Crippen LogP contribution in [0.2, 0.25) is 0 Å². The molecule has 148 valence electrons. The lowest BCUT2D eigenvalue weighted by Gasteiger charge is -2.37. The van der Waals surface area contributed by atoms with Gasteiger partial charge in [0.25, 0.3) is 0 Å². The fourth-order valence-corrected chi connectivity index (χ4v) is 4.93. The Morgan fingerprint density at radius 3 is 2.30 bits per heavy atom. The van der Waals surface area contributed by atoms with E-state index in [1.165, 1.54) is 39.0 Å². The molecular formula is C28H26N2. The molecule has 0 radical (unpaired) electrons. The molecule has 0 spiro atoms. The first-order chi connectivity index (χ1) is 14.6. The van der Waals surface area contributed by atoms with E-state index in [1.54, 1.807) is 0 Å². The molecule has 1 aliphatic heterocycles. The van der Waals surface area contributed by atoms with E-state index in [9.17, 15) is 0 Å². The van der Waals surface area contributed by atoms with Gasteiger partial charge in [0.2, 0.25) is 0 Å². The van der Waals surface area contributed by atoms with Crippen LogP contribution in [0.1, 0.15) is 34.0 Å². The van der Waals surface area contributed by atoms with Gasteiger partial charge in [-0.05, 0) is 55.2 Å². The van der Waals surface area contributed by atoms with Crippen molar-refractivity contribution in [3.63, 3.8) is 0 Å². The molecule has 0 aliphatic carbocycles. The number of para-hydroxylation sites is 2. The third-order valence-corrected chi connectivity index (χ3v) is 6.29. The molecule has 30 heavy (non-hydrogen) atoms. The topological polar surface area (TPSA) is 8.17 Å². The van der Waals surface area contributed by atoms with Gasteiger partial charge in [0.15, 0.2) is 0 Å². The van der Waals surface area contributed by atoms with Crippen LogP contribution in [0.3, 0.4) is 0 Å². The fraction of sp³-hybridized carbons (Fsp3) is 0.214. The lowest BCUT2D eigenvalue weighted by molar-refractivity contribution is 0.640. The molecule has 2 heteroatoms. The largest absolute Gasteiger partial charge is 0.352 e. The molecular weight excluding hydrogens is 364 g/mol. The van der Waals surface area contributed by atoms with Crippen LogP contribution in [0.4, 0.5) is 5.69 Å². The highest BCUT2D eigenvalue weighted by molar-refractivity contribution is 5.87. The first-order valence-electron chi connectivity index (χ1n) is 10.6. The number of benzene rings is 3. The minimum Gasteiger partial charge on any atom is -0.352 e. The molecule has 1 aromatic heterocycles. The highest BCUT2D eigenvalue weighted by atomic mass is 15.2. The SMILES string of the molecule is Cc1cccc(C)c1N1CCc2c(n(C)c3ccccc23)C1C#Cc1ccccc1. The summed E-state index contributed by atoms with van der Waals surface area (Å²) in [5.74, 6) is 7.11. The summed E-state index contributed by atoms with van der Waals surface area (Å²) in [6.45, 7) is 5.39. The lowest BCUT2D eigenvalue weighted by Crippen LogP contribution is -2.36. The zero-order valence-corrected chi connectivity index (χ0v) is 17.8. The third kappa shape index (κ3) is 2.99. The normalized spacial score (nSPS) is 15.6. The maximum Gasteiger partial charge on any atom is 0.132 e. The zero-order valence-electron chi connectivity index (χ0n) is 17.8. The lowest BCUT2D eigenvalue weighted by atomic mass is 9.94. The number of aromatic nitrogens is 1. The molecule has 0 N–H and O–H groups in total. The molecule has 0 fully saturated rings. The van der Waals surface area contributed by atoms with E-state index in [0.717, 1.165) is 18.5 Å². The Balaban J connectivity index is 1.73. The number of hydrogen-bond donors (Lipinski definition) is 0. The van der Waals surface area contributed by atoms with Crippen LogP contribution >= 0.6 is 0 Å². The number of aryl methyl sites for hydroxylation is 3. The summed E-state index contributed by atoms with van der Waals surface area (Å²) in [7, 11) is 2.19. The summed E-state index contributed by atoms with van der Waals surface area (Å²) >= 11 is 0. The zero-order chi connectivity index (χ0) is 20.7. The fourth-order valence-electron chi connectivity index (χ4n) is 4.93. The van der Waals surface area contributed by atoms with E-state index in [4.69, 9.17) is 0 Å². The van der Waals surface area contributed by atoms with Gasteiger partial charge in [0.1, 0.15) is 6.04 Å². The summed E-state index contributed by atoms with van der Waals surface area (Å²) in [6.07, 6.45) is 1.04. The van der Waals surface area contributed by atoms with Gasteiger partial charge >= 0.3 is 0 Å². The smallest absolute Gasteiger partial charge is 0.132 e. The number of hydrogen-bond acceptors (Lipinski definition) is 1. The molecule has 2 nitrogen and oxygen atoms in total. The Morgan fingerprint density at radius 1 is 0.833 bits per heavy atom. The average molecular weight is 391 g/mol. The van der Waals surface area contributed by atoms with Crippen LogP contribution in [-0.4, -0.2) is 11.1 Å². The molecule has 1 aliphatic rings. The summed E-state index contributed by atoms with van der Waals surface area (Å²) in [6, 6.07) is 25.6. The molecule has 5 rings (SSSR count). The molecule has 4 aromatic rings. The van der Waals surface area contributed by atoms with Crippen molar-refractivity contribution in [3.8, 4) is 11.8 Å². The van der Waals surface area contributed by atoms with Crippen LogP contribution < -0.4 is 4.90 Å². The highest BCUT2D eigenvalue weighted by Gasteiger charge is 2.32. The van der Waals surface area contributed by atoms with Crippen molar-refractivity contribution in [2.45, 2.75) is 26.3 Å². The highest BCUT2D eigenvalue weighted by Crippen LogP contribution is 2.40. The van der Waals surface area contributed by atoms with Gasteiger partial charge in [0, 0.05) is 35.7 Å². The van der Waals surface area contributed by atoms with E-state index >= 15 is 0 Å². The second-order valence-corrected chi connectivity index (χ2v) is 8.16. The van der Waals surface area contributed by atoms with Crippen molar-refractivity contribution in [2.75, 3.05) is 11.4 Å². The molecule has 3 aromatic carbocycles. The summed E-state index contributed by atoms with van der Waals surface area (Å²) in [5.41, 5.74) is 9.06. The van der Waals surface area contributed by atoms with Crippen LogP contribution in [-0.2, 0) is 13.5 Å². The van der Waals surface area contributed by atoms with Crippen molar-refractivity contribution >= 4 is 16.6 Å². The van der Waals surface area contributed by atoms with Crippen LogP contribution in [0.5, 0.6) is 0 Å². The molecule has 1 unspecified atom stereocenters.